The summed E-state index contributed by atoms with van der Waals surface area (Å²) >= 11 is 1.82. The molecule has 0 aliphatic carbocycles. The Labute approximate surface area is 136 Å². The van der Waals surface area contributed by atoms with E-state index < -0.39 is 0 Å². The van der Waals surface area contributed by atoms with Crippen molar-refractivity contribution in [3.63, 3.8) is 0 Å². The summed E-state index contributed by atoms with van der Waals surface area (Å²) in [4.78, 5) is 10.1. The molecule has 0 fully saturated rings. The lowest BCUT2D eigenvalue weighted by molar-refractivity contribution is 0.561. The summed E-state index contributed by atoms with van der Waals surface area (Å²) in [6, 6.07) is 8.33. The maximum Gasteiger partial charge on any atom is 0.191 e. The molecule has 1 atom stereocenters. The van der Waals surface area contributed by atoms with Gasteiger partial charge in [-0.15, -0.1) is 11.3 Å². The molecule has 22 heavy (non-hydrogen) atoms. The number of nitrogens with zero attached hydrogens (tertiary/aromatic N) is 2. The third-order valence-electron chi connectivity index (χ3n) is 3.51. The van der Waals surface area contributed by atoms with E-state index in [1.807, 2.05) is 23.6 Å². The van der Waals surface area contributed by atoms with Gasteiger partial charge in [-0.1, -0.05) is 19.1 Å². The van der Waals surface area contributed by atoms with Crippen molar-refractivity contribution >= 4 is 17.3 Å². The van der Waals surface area contributed by atoms with Crippen molar-refractivity contribution in [1.29, 1.82) is 0 Å². The van der Waals surface area contributed by atoms with Gasteiger partial charge in [-0.05, 0) is 42.3 Å². The predicted octanol–water partition coefficient (Wildman–Crippen LogP) is 3.00. The summed E-state index contributed by atoms with van der Waals surface area (Å²) in [7, 11) is 1.80. The fraction of sp³-hybridized carbons (Fsp3) is 0.412. The molecule has 2 rings (SSSR count). The second-order valence-electron chi connectivity index (χ2n) is 5.46. The van der Waals surface area contributed by atoms with E-state index in [1.54, 1.807) is 7.05 Å². The van der Waals surface area contributed by atoms with Crippen LogP contribution in [-0.4, -0.2) is 24.5 Å². The molecular weight excluding hydrogens is 292 g/mol. The minimum Gasteiger partial charge on any atom is -0.356 e. The minimum atomic E-state index is 0.564. The molecule has 2 aromatic heterocycles. The third-order valence-corrected chi connectivity index (χ3v) is 4.41. The Bertz CT molecular complexity index is 592. The van der Waals surface area contributed by atoms with Crippen LogP contribution >= 0.6 is 11.3 Å². The van der Waals surface area contributed by atoms with Gasteiger partial charge in [0.15, 0.2) is 5.96 Å². The average molecular weight is 316 g/mol. The van der Waals surface area contributed by atoms with Gasteiger partial charge in [0.2, 0.25) is 0 Å². The van der Waals surface area contributed by atoms with E-state index in [0.717, 1.165) is 24.6 Å². The lowest BCUT2D eigenvalue weighted by Gasteiger charge is -2.16. The van der Waals surface area contributed by atoms with Gasteiger partial charge >= 0.3 is 0 Å². The molecule has 0 aliphatic rings. The number of aromatic nitrogens is 1. The van der Waals surface area contributed by atoms with Crippen LogP contribution in [0.15, 0.2) is 40.8 Å². The van der Waals surface area contributed by atoms with E-state index in [-0.39, 0.29) is 0 Å². The van der Waals surface area contributed by atoms with Crippen molar-refractivity contribution < 1.29 is 0 Å². The van der Waals surface area contributed by atoms with Gasteiger partial charge in [0, 0.05) is 24.7 Å². The first-order valence-electron chi connectivity index (χ1n) is 7.56. The van der Waals surface area contributed by atoms with Gasteiger partial charge in [0.1, 0.15) is 0 Å². The molecule has 0 saturated heterocycles. The summed E-state index contributed by atoms with van der Waals surface area (Å²) in [5.41, 5.74) is 2.24. The number of hydrogen-bond donors (Lipinski definition) is 2. The Morgan fingerprint density at radius 3 is 2.86 bits per heavy atom. The molecular formula is C17H24N4S. The smallest absolute Gasteiger partial charge is 0.191 e. The lowest BCUT2D eigenvalue weighted by atomic mass is 10.1. The minimum absolute atomic E-state index is 0.564. The van der Waals surface area contributed by atoms with Gasteiger partial charge in [0.05, 0.1) is 12.2 Å². The molecule has 1 unspecified atom stereocenters. The van der Waals surface area contributed by atoms with Crippen LogP contribution in [0.4, 0.5) is 0 Å². The number of aliphatic imine (C=N–C) groups is 1. The number of aryl methyl sites for hydroxylation is 1. The van der Waals surface area contributed by atoms with Crippen LogP contribution in [0.1, 0.15) is 23.1 Å². The van der Waals surface area contributed by atoms with Crippen molar-refractivity contribution in [2.24, 2.45) is 10.9 Å². The number of nitrogens with one attached hydrogen (secondary N) is 2. The molecule has 0 aromatic carbocycles. The van der Waals surface area contributed by atoms with E-state index in [9.17, 15) is 0 Å². The zero-order valence-corrected chi connectivity index (χ0v) is 14.3. The van der Waals surface area contributed by atoms with Crippen molar-refractivity contribution in [2.75, 3.05) is 13.6 Å². The van der Waals surface area contributed by atoms with E-state index in [0.29, 0.717) is 12.5 Å². The zero-order chi connectivity index (χ0) is 15.8. The standard InChI is InChI=1S/C17H24N4S/c1-13(10-15-7-5-9-22-15)11-20-17(18-3)21-12-16-14(2)6-4-8-19-16/h4-9,13H,10-12H2,1-3H3,(H2,18,20,21). The molecule has 5 heteroatoms. The van der Waals surface area contributed by atoms with Crippen LogP contribution in [0.2, 0.25) is 0 Å². The molecule has 0 amide bonds. The number of pyridine rings is 1. The highest BCUT2D eigenvalue weighted by Gasteiger charge is 2.06. The lowest BCUT2D eigenvalue weighted by Crippen LogP contribution is -2.39. The average Bonchev–Trinajstić information content (AvgIpc) is 3.02. The summed E-state index contributed by atoms with van der Waals surface area (Å²) in [5, 5.41) is 8.84. The van der Waals surface area contributed by atoms with Gasteiger partial charge in [-0.3, -0.25) is 9.98 Å². The number of thiophene rings is 1. The zero-order valence-electron chi connectivity index (χ0n) is 13.5. The van der Waals surface area contributed by atoms with Gasteiger partial charge in [-0.25, -0.2) is 0 Å². The third kappa shape index (κ3) is 5.15. The quantitative estimate of drug-likeness (QED) is 0.636. The van der Waals surface area contributed by atoms with Crippen LogP contribution in [0.3, 0.4) is 0 Å². The van der Waals surface area contributed by atoms with Crippen molar-refractivity contribution in [1.82, 2.24) is 15.6 Å². The SMILES string of the molecule is CN=C(NCc1ncccc1C)NCC(C)Cc1cccs1. The molecule has 2 heterocycles. The number of rotatable bonds is 6. The summed E-state index contributed by atoms with van der Waals surface area (Å²) in [6.07, 6.45) is 2.92. The second kappa shape index (κ2) is 8.54. The Balaban J connectivity index is 1.76. The molecule has 0 radical (unpaired) electrons. The van der Waals surface area contributed by atoms with Crippen LogP contribution in [0, 0.1) is 12.8 Å². The van der Waals surface area contributed by atoms with Crippen molar-refractivity contribution in [2.45, 2.75) is 26.8 Å². The van der Waals surface area contributed by atoms with Gasteiger partial charge in [0.25, 0.3) is 0 Å². The van der Waals surface area contributed by atoms with Crippen LogP contribution in [0.25, 0.3) is 0 Å². The van der Waals surface area contributed by atoms with E-state index >= 15 is 0 Å². The molecule has 4 nitrogen and oxygen atoms in total. The molecule has 2 N–H and O–H groups in total. The Morgan fingerprint density at radius 1 is 1.32 bits per heavy atom. The van der Waals surface area contributed by atoms with Gasteiger partial charge < -0.3 is 10.6 Å². The van der Waals surface area contributed by atoms with Gasteiger partial charge in [-0.2, -0.15) is 0 Å². The summed E-state index contributed by atoms with van der Waals surface area (Å²) in [6.45, 7) is 5.91. The number of guanidine groups is 1. The topological polar surface area (TPSA) is 49.3 Å². The highest BCUT2D eigenvalue weighted by atomic mass is 32.1. The highest BCUT2D eigenvalue weighted by molar-refractivity contribution is 7.09. The van der Waals surface area contributed by atoms with Crippen LogP contribution in [-0.2, 0) is 13.0 Å². The predicted molar refractivity (Wildman–Crippen MR) is 94.4 cm³/mol. The van der Waals surface area contributed by atoms with Crippen molar-refractivity contribution in [3.8, 4) is 0 Å². The first kappa shape index (κ1) is 16.5. The summed E-state index contributed by atoms with van der Waals surface area (Å²) in [5.74, 6) is 1.39. The second-order valence-corrected chi connectivity index (χ2v) is 6.49. The number of hydrogen-bond acceptors (Lipinski definition) is 3. The first-order chi connectivity index (χ1) is 10.7. The summed E-state index contributed by atoms with van der Waals surface area (Å²) < 4.78 is 0. The maximum absolute atomic E-state index is 4.39. The highest BCUT2D eigenvalue weighted by Crippen LogP contribution is 2.13. The fourth-order valence-electron chi connectivity index (χ4n) is 2.21. The Hall–Kier alpha value is -1.88. The first-order valence-corrected chi connectivity index (χ1v) is 8.44. The van der Waals surface area contributed by atoms with Crippen LogP contribution < -0.4 is 10.6 Å². The van der Waals surface area contributed by atoms with E-state index in [4.69, 9.17) is 0 Å². The van der Waals surface area contributed by atoms with E-state index in [1.165, 1.54) is 10.4 Å². The van der Waals surface area contributed by atoms with E-state index in [2.05, 4.69) is 58.0 Å². The molecule has 2 aromatic rings. The molecule has 0 aliphatic heterocycles. The fourth-order valence-corrected chi connectivity index (χ4v) is 3.08. The Morgan fingerprint density at radius 2 is 2.18 bits per heavy atom. The molecule has 0 bridgehead atoms. The molecule has 0 saturated carbocycles. The molecule has 0 spiro atoms. The monoisotopic (exact) mass is 316 g/mol. The molecule has 118 valence electrons. The Kier molecular flexibility index (Phi) is 6.40. The largest absolute Gasteiger partial charge is 0.356 e. The normalized spacial score (nSPS) is 13.0. The van der Waals surface area contributed by atoms with Crippen molar-refractivity contribution in [3.05, 3.63) is 52.0 Å². The maximum atomic E-state index is 4.39. The van der Waals surface area contributed by atoms with Crippen LogP contribution in [0.5, 0.6) is 0 Å².